The molecule has 0 spiro atoms. The molecule has 2 aromatic carbocycles. The van der Waals surface area contributed by atoms with Crippen molar-refractivity contribution in [3.63, 3.8) is 0 Å². The highest BCUT2D eigenvalue weighted by Crippen LogP contribution is 2.38. The molecule has 0 bridgehead atoms. The first kappa shape index (κ1) is 11.0. The third-order valence-corrected chi connectivity index (χ3v) is 4.93. The summed E-state index contributed by atoms with van der Waals surface area (Å²) in [7, 11) is 0. The van der Waals surface area contributed by atoms with Crippen molar-refractivity contribution < 1.29 is 0 Å². The smallest absolute Gasteiger partial charge is 0.0433 e. The molecule has 0 saturated carbocycles. The third kappa shape index (κ3) is 1.73. The predicted molar refractivity (Wildman–Crippen MR) is 85.7 cm³/mol. The van der Waals surface area contributed by atoms with Crippen molar-refractivity contribution in [3.05, 3.63) is 66.3 Å². The monoisotopic (exact) mass is 262 g/mol. The molecule has 0 nitrogen and oxygen atoms in total. The minimum atomic E-state index is 1.16. The minimum absolute atomic E-state index is 1.16. The van der Waals surface area contributed by atoms with Gasteiger partial charge in [0.05, 0.1) is 0 Å². The van der Waals surface area contributed by atoms with Gasteiger partial charge in [-0.15, -0.1) is 11.3 Å². The molecule has 0 atom stereocenters. The van der Waals surface area contributed by atoms with E-state index in [9.17, 15) is 0 Å². The Morgan fingerprint density at radius 3 is 2.63 bits per heavy atom. The molecule has 1 aromatic heterocycles. The molecule has 92 valence electrons. The molecule has 0 radical (unpaired) electrons. The molecule has 3 aromatic rings. The molecule has 1 aliphatic rings. The van der Waals surface area contributed by atoms with Gasteiger partial charge in [-0.05, 0) is 30.0 Å². The van der Waals surface area contributed by atoms with Gasteiger partial charge in [0.25, 0.3) is 0 Å². The normalized spacial score (nSPS) is 15.1. The summed E-state index contributed by atoms with van der Waals surface area (Å²) in [6.45, 7) is 0. The Morgan fingerprint density at radius 1 is 0.842 bits per heavy atom. The number of fused-ring (bicyclic) bond motifs is 3. The number of rotatable bonds is 1. The van der Waals surface area contributed by atoms with E-state index in [4.69, 9.17) is 0 Å². The van der Waals surface area contributed by atoms with Gasteiger partial charge in [-0.1, -0.05) is 54.6 Å². The van der Waals surface area contributed by atoms with E-state index in [1.165, 1.54) is 37.7 Å². The van der Waals surface area contributed by atoms with Gasteiger partial charge < -0.3 is 0 Å². The van der Waals surface area contributed by atoms with Crippen molar-refractivity contribution in [1.82, 2.24) is 0 Å². The van der Waals surface area contributed by atoms with E-state index in [-0.39, 0.29) is 0 Å². The summed E-state index contributed by atoms with van der Waals surface area (Å²) in [4.78, 5) is 0. The minimum Gasteiger partial charge on any atom is -0.135 e. The Balaban J connectivity index is 2.06. The van der Waals surface area contributed by atoms with Gasteiger partial charge in [0.2, 0.25) is 0 Å². The lowest BCUT2D eigenvalue weighted by Gasteiger charge is -2.08. The Labute approximate surface area is 116 Å². The summed E-state index contributed by atoms with van der Waals surface area (Å²) in [5.74, 6) is 0. The van der Waals surface area contributed by atoms with Gasteiger partial charge >= 0.3 is 0 Å². The topological polar surface area (TPSA) is 0 Å². The molecule has 1 heteroatoms. The summed E-state index contributed by atoms with van der Waals surface area (Å²) in [6, 6.07) is 15.4. The lowest BCUT2D eigenvalue weighted by atomic mass is 9.98. The highest BCUT2D eigenvalue weighted by Gasteiger charge is 2.10. The fourth-order valence-electron chi connectivity index (χ4n) is 2.79. The zero-order chi connectivity index (χ0) is 12.7. The van der Waals surface area contributed by atoms with E-state index in [2.05, 4.69) is 60.7 Å². The highest BCUT2D eigenvalue weighted by molar-refractivity contribution is 7.26. The quantitative estimate of drug-likeness (QED) is 0.521. The van der Waals surface area contributed by atoms with E-state index >= 15 is 0 Å². The van der Waals surface area contributed by atoms with Gasteiger partial charge in [-0.25, -0.2) is 0 Å². The largest absolute Gasteiger partial charge is 0.135 e. The molecule has 0 amide bonds. The summed E-state index contributed by atoms with van der Waals surface area (Å²) in [5, 5.41) is 2.77. The van der Waals surface area contributed by atoms with Crippen molar-refractivity contribution in [1.29, 1.82) is 0 Å². The molecule has 0 fully saturated rings. The van der Waals surface area contributed by atoms with E-state index < -0.39 is 0 Å². The summed E-state index contributed by atoms with van der Waals surface area (Å²) in [5.41, 5.74) is 2.76. The second-order valence-corrected chi connectivity index (χ2v) is 5.97. The van der Waals surface area contributed by atoms with Crippen LogP contribution in [0.15, 0.2) is 60.7 Å². The van der Waals surface area contributed by atoms with Gasteiger partial charge in [0.1, 0.15) is 0 Å². The van der Waals surface area contributed by atoms with Gasteiger partial charge in [0.15, 0.2) is 0 Å². The maximum atomic E-state index is 2.36. The number of benzene rings is 2. The Morgan fingerprint density at radius 2 is 1.74 bits per heavy atom. The molecule has 1 heterocycles. The molecule has 0 N–H and O–H groups in total. The van der Waals surface area contributed by atoms with Crippen LogP contribution in [0.25, 0.3) is 25.7 Å². The Hall–Kier alpha value is -1.86. The van der Waals surface area contributed by atoms with Crippen molar-refractivity contribution in [2.24, 2.45) is 0 Å². The summed E-state index contributed by atoms with van der Waals surface area (Å²) < 4.78 is 2.80. The van der Waals surface area contributed by atoms with Crippen LogP contribution in [-0.4, -0.2) is 0 Å². The van der Waals surface area contributed by atoms with Crippen LogP contribution in [0, 0.1) is 0 Å². The molecule has 0 aliphatic heterocycles. The third-order valence-electron chi connectivity index (χ3n) is 3.71. The van der Waals surface area contributed by atoms with E-state index in [1.807, 2.05) is 11.3 Å². The van der Waals surface area contributed by atoms with Crippen LogP contribution in [0.4, 0.5) is 0 Å². The van der Waals surface area contributed by atoms with Crippen LogP contribution in [0.5, 0.6) is 0 Å². The summed E-state index contributed by atoms with van der Waals surface area (Å²) >= 11 is 1.91. The number of thiophene rings is 1. The fraction of sp³-hybridized carbons (Fsp3) is 0.111. The molecule has 19 heavy (non-hydrogen) atoms. The summed E-state index contributed by atoms with van der Waals surface area (Å²) in [6.07, 6.45) is 9.24. The lowest BCUT2D eigenvalue weighted by Crippen LogP contribution is -1.85. The molecular formula is C18H14S. The lowest BCUT2D eigenvalue weighted by molar-refractivity contribution is 1.04. The Bertz CT molecular complexity index is 818. The maximum Gasteiger partial charge on any atom is 0.0433 e. The molecule has 0 saturated heterocycles. The van der Waals surface area contributed by atoms with E-state index in [0.717, 1.165) is 6.42 Å². The van der Waals surface area contributed by atoms with Gasteiger partial charge in [-0.3, -0.25) is 0 Å². The zero-order valence-corrected chi connectivity index (χ0v) is 11.4. The standard InChI is InChI=1S/C18H14S/c1-2-7-13(8-3-1)14-10-6-11-16-15-9-4-5-12-17(15)19-18(14)16/h2,4-12H,1,3H2. The van der Waals surface area contributed by atoms with E-state index in [0.29, 0.717) is 0 Å². The zero-order valence-electron chi connectivity index (χ0n) is 10.6. The average Bonchev–Trinajstić information content (AvgIpc) is 2.87. The molecule has 1 aliphatic carbocycles. The first-order valence-corrected chi connectivity index (χ1v) is 7.52. The first-order chi connectivity index (χ1) is 9.43. The number of hydrogen-bond donors (Lipinski definition) is 0. The number of allylic oxidation sites excluding steroid dienone is 4. The molecule has 0 unspecified atom stereocenters. The van der Waals surface area contributed by atoms with Crippen LogP contribution in [-0.2, 0) is 0 Å². The van der Waals surface area contributed by atoms with Crippen LogP contribution < -0.4 is 0 Å². The highest BCUT2D eigenvalue weighted by atomic mass is 32.1. The van der Waals surface area contributed by atoms with Gasteiger partial charge in [0, 0.05) is 20.2 Å². The van der Waals surface area contributed by atoms with Crippen molar-refractivity contribution in [2.45, 2.75) is 12.8 Å². The van der Waals surface area contributed by atoms with Gasteiger partial charge in [-0.2, -0.15) is 0 Å². The maximum absolute atomic E-state index is 2.36. The SMILES string of the molecule is C1=CC(c2cccc3c2sc2ccccc23)=CCC1. The average molecular weight is 262 g/mol. The second-order valence-electron chi connectivity index (χ2n) is 4.92. The number of hydrogen-bond acceptors (Lipinski definition) is 1. The van der Waals surface area contributed by atoms with Crippen molar-refractivity contribution in [2.75, 3.05) is 0 Å². The first-order valence-electron chi connectivity index (χ1n) is 6.71. The van der Waals surface area contributed by atoms with Crippen LogP contribution >= 0.6 is 11.3 Å². The van der Waals surface area contributed by atoms with Crippen LogP contribution in [0.2, 0.25) is 0 Å². The molecular weight excluding hydrogens is 248 g/mol. The Kier molecular flexibility index (Phi) is 2.52. The second kappa shape index (κ2) is 4.36. The molecule has 4 rings (SSSR count). The van der Waals surface area contributed by atoms with Crippen LogP contribution in [0.3, 0.4) is 0 Å². The van der Waals surface area contributed by atoms with Crippen LogP contribution in [0.1, 0.15) is 18.4 Å². The predicted octanol–water partition coefficient (Wildman–Crippen LogP) is 5.79. The van der Waals surface area contributed by atoms with Crippen molar-refractivity contribution in [3.8, 4) is 0 Å². The fourth-order valence-corrected chi connectivity index (χ4v) is 4.03. The van der Waals surface area contributed by atoms with Crippen molar-refractivity contribution >= 4 is 37.1 Å². The van der Waals surface area contributed by atoms with E-state index in [1.54, 1.807) is 0 Å².